The second-order valence-corrected chi connectivity index (χ2v) is 6.62. The number of hydrogen-bond donors (Lipinski definition) is 1. The monoisotopic (exact) mass is 427 g/mol. The predicted octanol–water partition coefficient (Wildman–Crippen LogP) is 4.03. The summed E-state index contributed by atoms with van der Waals surface area (Å²) in [6, 6.07) is 2.65. The van der Waals surface area contributed by atoms with Gasteiger partial charge in [-0.15, -0.1) is 18.3 Å². The Labute approximate surface area is 167 Å². The maximum absolute atomic E-state index is 14.0. The first-order valence-electron chi connectivity index (χ1n) is 8.90. The molecule has 0 fully saturated rings. The zero-order valence-corrected chi connectivity index (χ0v) is 16.1. The van der Waals surface area contributed by atoms with Crippen molar-refractivity contribution in [2.24, 2.45) is 0 Å². The van der Waals surface area contributed by atoms with Crippen LogP contribution in [0.25, 0.3) is 16.9 Å². The van der Waals surface area contributed by atoms with E-state index in [4.69, 9.17) is 4.74 Å². The summed E-state index contributed by atoms with van der Waals surface area (Å²) in [5.74, 6) is -3.23. The molecular formula is C19H17F4N3O4. The van der Waals surface area contributed by atoms with Crippen LogP contribution in [0.4, 0.5) is 17.6 Å². The Hall–Kier alpha value is -3.37. The van der Waals surface area contributed by atoms with Gasteiger partial charge in [0.15, 0.2) is 17.4 Å². The molecule has 0 aliphatic heterocycles. The van der Waals surface area contributed by atoms with E-state index in [1.807, 2.05) is 0 Å². The summed E-state index contributed by atoms with van der Waals surface area (Å²) in [5.41, 5.74) is 0.138. The van der Waals surface area contributed by atoms with Crippen molar-refractivity contribution in [2.45, 2.75) is 33.1 Å². The van der Waals surface area contributed by atoms with E-state index in [0.29, 0.717) is 5.56 Å². The van der Waals surface area contributed by atoms with E-state index in [1.165, 1.54) is 10.7 Å². The van der Waals surface area contributed by atoms with Crippen LogP contribution in [0.5, 0.6) is 5.75 Å². The first-order valence-corrected chi connectivity index (χ1v) is 8.90. The number of fused-ring (bicyclic) bond motifs is 1. The lowest BCUT2D eigenvalue weighted by Gasteiger charge is -2.10. The van der Waals surface area contributed by atoms with Crippen LogP contribution in [0, 0.1) is 5.82 Å². The van der Waals surface area contributed by atoms with E-state index in [1.54, 1.807) is 20.8 Å². The zero-order chi connectivity index (χ0) is 22.2. The van der Waals surface area contributed by atoms with Crippen molar-refractivity contribution >= 4 is 11.5 Å². The average Bonchev–Trinajstić information content (AvgIpc) is 3.03. The SMILES string of the molecule is CCOC(=O)c1cn2nc(-c3ccc(OC(F)(F)F)c(F)c3)[nH]c(=O)c2c1C(C)C. The molecule has 0 radical (unpaired) electrons. The normalized spacial score (nSPS) is 11.9. The number of benzene rings is 1. The van der Waals surface area contributed by atoms with Crippen LogP contribution in [0.1, 0.15) is 42.6 Å². The number of nitrogens with zero attached hydrogens (tertiary/aromatic N) is 2. The van der Waals surface area contributed by atoms with Crippen molar-refractivity contribution in [2.75, 3.05) is 6.61 Å². The molecule has 0 spiro atoms. The highest BCUT2D eigenvalue weighted by Crippen LogP contribution is 2.29. The number of aromatic nitrogens is 3. The molecular weight excluding hydrogens is 410 g/mol. The fourth-order valence-corrected chi connectivity index (χ4v) is 3.05. The van der Waals surface area contributed by atoms with Gasteiger partial charge in [-0.25, -0.2) is 13.7 Å². The molecule has 160 valence electrons. The highest BCUT2D eigenvalue weighted by Gasteiger charge is 2.32. The summed E-state index contributed by atoms with van der Waals surface area (Å²) in [7, 11) is 0. The van der Waals surface area contributed by atoms with E-state index >= 15 is 0 Å². The first kappa shape index (κ1) is 21.3. The van der Waals surface area contributed by atoms with Gasteiger partial charge in [-0.05, 0) is 31.0 Å². The van der Waals surface area contributed by atoms with Gasteiger partial charge in [0.1, 0.15) is 5.52 Å². The summed E-state index contributed by atoms with van der Waals surface area (Å²) in [6.45, 7) is 5.37. The van der Waals surface area contributed by atoms with Crippen molar-refractivity contribution in [1.29, 1.82) is 0 Å². The van der Waals surface area contributed by atoms with Crippen LogP contribution in [-0.4, -0.2) is 33.5 Å². The number of aromatic amines is 1. The van der Waals surface area contributed by atoms with E-state index in [2.05, 4.69) is 14.8 Å². The third-order valence-electron chi connectivity index (χ3n) is 4.18. The number of carbonyl (C=O) groups is 1. The third-order valence-corrected chi connectivity index (χ3v) is 4.18. The number of esters is 1. The van der Waals surface area contributed by atoms with Crippen LogP contribution in [0.2, 0.25) is 0 Å². The van der Waals surface area contributed by atoms with Gasteiger partial charge < -0.3 is 14.5 Å². The predicted molar refractivity (Wildman–Crippen MR) is 97.9 cm³/mol. The van der Waals surface area contributed by atoms with Gasteiger partial charge in [-0.1, -0.05) is 13.8 Å². The number of carbonyl (C=O) groups excluding carboxylic acids is 1. The number of H-pyrrole nitrogens is 1. The second-order valence-electron chi connectivity index (χ2n) is 6.62. The standard InChI is InChI=1S/C19H17F4N3O4/c1-4-29-18(28)11-8-26-15(14(11)9(2)3)17(27)24-16(25-26)10-5-6-13(12(20)7-10)30-19(21,22)23/h5-9H,4H2,1-3H3,(H,24,25,27). The Kier molecular flexibility index (Phi) is 5.55. The molecule has 0 bridgehead atoms. The molecule has 0 atom stereocenters. The molecule has 1 aromatic carbocycles. The van der Waals surface area contributed by atoms with Gasteiger partial charge in [0.05, 0.1) is 12.2 Å². The molecule has 0 amide bonds. The molecule has 2 heterocycles. The second kappa shape index (κ2) is 7.81. The van der Waals surface area contributed by atoms with Crippen molar-refractivity contribution in [3.63, 3.8) is 0 Å². The molecule has 0 saturated heterocycles. The smallest absolute Gasteiger partial charge is 0.462 e. The summed E-state index contributed by atoms with van der Waals surface area (Å²) in [6.07, 6.45) is -3.71. The van der Waals surface area contributed by atoms with Crippen LogP contribution in [0.15, 0.2) is 29.2 Å². The zero-order valence-electron chi connectivity index (χ0n) is 16.1. The van der Waals surface area contributed by atoms with Gasteiger partial charge in [-0.3, -0.25) is 4.79 Å². The summed E-state index contributed by atoms with van der Waals surface area (Å²) in [5, 5.41) is 4.18. The molecule has 0 saturated carbocycles. The van der Waals surface area contributed by atoms with Crippen molar-refractivity contribution in [3.8, 4) is 17.1 Å². The van der Waals surface area contributed by atoms with Gasteiger partial charge in [-0.2, -0.15) is 0 Å². The minimum absolute atomic E-state index is 0.0125. The maximum atomic E-state index is 14.0. The van der Waals surface area contributed by atoms with E-state index < -0.39 is 29.5 Å². The summed E-state index contributed by atoms with van der Waals surface area (Å²) in [4.78, 5) is 27.4. The lowest BCUT2D eigenvalue weighted by molar-refractivity contribution is -0.275. The third kappa shape index (κ3) is 4.14. The van der Waals surface area contributed by atoms with E-state index in [0.717, 1.165) is 18.2 Å². The molecule has 0 unspecified atom stereocenters. The van der Waals surface area contributed by atoms with Crippen molar-refractivity contribution in [1.82, 2.24) is 14.6 Å². The maximum Gasteiger partial charge on any atom is 0.573 e. The Morgan fingerprint density at radius 2 is 2.00 bits per heavy atom. The Bertz CT molecular complexity index is 1170. The largest absolute Gasteiger partial charge is 0.573 e. The van der Waals surface area contributed by atoms with Gasteiger partial charge in [0.25, 0.3) is 5.56 Å². The highest BCUT2D eigenvalue weighted by molar-refractivity contribution is 5.94. The molecule has 3 aromatic rings. The first-order chi connectivity index (χ1) is 14.0. The molecule has 1 N–H and O–H groups in total. The molecule has 0 aliphatic carbocycles. The number of rotatable bonds is 5. The lowest BCUT2D eigenvalue weighted by Crippen LogP contribution is -2.18. The van der Waals surface area contributed by atoms with Crippen molar-refractivity contribution < 1.29 is 31.8 Å². The van der Waals surface area contributed by atoms with Crippen LogP contribution < -0.4 is 10.3 Å². The highest BCUT2D eigenvalue weighted by atomic mass is 19.4. The van der Waals surface area contributed by atoms with Gasteiger partial charge >= 0.3 is 12.3 Å². The summed E-state index contributed by atoms with van der Waals surface area (Å²) < 4.78 is 60.7. The van der Waals surface area contributed by atoms with E-state index in [-0.39, 0.29) is 35.0 Å². The van der Waals surface area contributed by atoms with Gasteiger partial charge in [0, 0.05) is 17.3 Å². The molecule has 7 nitrogen and oxygen atoms in total. The number of alkyl halides is 3. The Morgan fingerprint density at radius 1 is 1.30 bits per heavy atom. The fourth-order valence-electron chi connectivity index (χ4n) is 3.05. The van der Waals surface area contributed by atoms with Gasteiger partial charge in [0.2, 0.25) is 0 Å². The van der Waals surface area contributed by atoms with Crippen LogP contribution >= 0.6 is 0 Å². The fraction of sp³-hybridized carbons (Fsp3) is 0.316. The number of halogens is 4. The number of ether oxygens (including phenoxy) is 2. The van der Waals surface area contributed by atoms with Crippen molar-refractivity contribution in [3.05, 3.63) is 51.7 Å². The molecule has 2 aromatic heterocycles. The lowest BCUT2D eigenvalue weighted by atomic mass is 10.0. The molecule has 0 aliphatic rings. The molecule has 3 rings (SSSR count). The minimum atomic E-state index is -5.05. The Morgan fingerprint density at radius 3 is 2.57 bits per heavy atom. The van der Waals surface area contributed by atoms with Crippen LogP contribution in [-0.2, 0) is 4.74 Å². The number of hydrogen-bond acceptors (Lipinski definition) is 5. The molecule has 30 heavy (non-hydrogen) atoms. The quantitative estimate of drug-likeness (QED) is 0.491. The molecule has 11 heteroatoms. The minimum Gasteiger partial charge on any atom is -0.462 e. The Balaban J connectivity index is 2.12. The van der Waals surface area contributed by atoms with E-state index in [9.17, 15) is 27.2 Å². The topological polar surface area (TPSA) is 85.7 Å². The average molecular weight is 427 g/mol. The summed E-state index contributed by atoms with van der Waals surface area (Å²) >= 11 is 0. The van der Waals surface area contributed by atoms with Crippen LogP contribution in [0.3, 0.4) is 0 Å². The number of nitrogens with one attached hydrogen (secondary N) is 1.